The standard InChI is InChI=1S/C14H18N2S/c1-9-5-6-13(10(2)7-9)15-8-14-16-11(3)12(4)17-14/h5-7,15H,8H2,1-4H3. The number of nitrogens with one attached hydrogen (secondary N) is 1. The summed E-state index contributed by atoms with van der Waals surface area (Å²) in [6.45, 7) is 9.24. The van der Waals surface area contributed by atoms with Crippen molar-refractivity contribution in [3.63, 3.8) is 0 Å². The predicted molar refractivity (Wildman–Crippen MR) is 74.8 cm³/mol. The van der Waals surface area contributed by atoms with Crippen LogP contribution in [-0.2, 0) is 6.54 Å². The van der Waals surface area contributed by atoms with Gasteiger partial charge < -0.3 is 5.32 Å². The minimum absolute atomic E-state index is 0.809. The third kappa shape index (κ3) is 2.86. The zero-order valence-corrected chi connectivity index (χ0v) is 11.6. The maximum atomic E-state index is 4.53. The summed E-state index contributed by atoms with van der Waals surface area (Å²) < 4.78 is 0. The molecule has 3 heteroatoms. The molecule has 1 aromatic carbocycles. The average Bonchev–Trinajstić information content (AvgIpc) is 2.57. The van der Waals surface area contributed by atoms with Gasteiger partial charge in [-0.15, -0.1) is 11.3 Å². The van der Waals surface area contributed by atoms with Crippen LogP contribution in [0.2, 0.25) is 0 Å². The van der Waals surface area contributed by atoms with Crippen molar-refractivity contribution in [2.45, 2.75) is 34.2 Å². The van der Waals surface area contributed by atoms with Gasteiger partial charge in [-0.05, 0) is 39.3 Å². The van der Waals surface area contributed by atoms with Gasteiger partial charge in [0.25, 0.3) is 0 Å². The van der Waals surface area contributed by atoms with Gasteiger partial charge in [-0.25, -0.2) is 4.98 Å². The van der Waals surface area contributed by atoms with Gasteiger partial charge in [0.1, 0.15) is 5.01 Å². The highest BCUT2D eigenvalue weighted by molar-refractivity contribution is 7.11. The van der Waals surface area contributed by atoms with Crippen molar-refractivity contribution < 1.29 is 0 Å². The van der Waals surface area contributed by atoms with Crippen LogP contribution >= 0.6 is 11.3 Å². The molecular formula is C14H18N2S. The van der Waals surface area contributed by atoms with E-state index in [1.807, 2.05) is 0 Å². The first-order chi connectivity index (χ1) is 8.06. The Morgan fingerprint density at radius 3 is 2.53 bits per heavy atom. The summed E-state index contributed by atoms with van der Waals surface area (Å²) in [5.41, 5.74) is 4.93. The lowest BCUT2D eigenvalue weighted by Crippen LogP contribution is -2.00. The number of benzene rings is 1. The van der Waals surface area contributed by atoms with Gasteiger partial charge in [-0.3, -0.25) is 0 Å². The molecule has 0 fully saturated rings. The van der Waals surface area contributed by atoms with Crippen LogP contribution in [0.4, 0.5) is 5.69 Å². The normalized spacial score (nSPS) is 10.6. The van der Waals surface area contributed by atoms with Crippen LogP contribution in [0.3, 0.4) is 0 Å². The lowest BCUT2D eigenvalue weighted by molar-refractivity contribution is 1.07. The summed E-state index contributed by atoms with van der Waals surface area (Å²) in [6.07, 6.45) is 0. The van der Waals surface area contributed by atoms with Crippen LogP contribution in [0.15, 0.2) is 18.2 Å². The number of aryl methyl sites for hydroxylation is 4. The number of hydrogen-bond acceptors (Lipinski definition) is 3. The monoisotopic (exact) mass is 246 g/mol. The lowest BCUT2D eigenvalue weighted by Gasteiger charge is -2.08. The smallest absolute Gasteiger partial charge is 0.112 e. The number of anilines is 1. The van der Waals surface area contributed by atoms with E-state index in [9.17, 15) is 0 Å². The van der Waals surface area contributed by atoms with Crippen molar-refractivity contribution in [2.24, 2.45) is 0 Å². The van der Waals surface area contributed by atoms with Crippen molar-refractivity contribution in [1.82, 2.24) is 4.98 Å². The van der Waals surface area contributed by atoms with Gasteiger partial charge in [0, 0.05) is 10.6 Å². The van der Waals surface area contributed by atoms with Crippen molar-refractivity contribution in [3.8, 4) is 0 Å². The second-order valence-corrected chi connectivity index (χ2v) is 5.71. The number of thiazole rings is 1. The molecule has 0 aliphatic carbocycles. The molecular weight excluding hydrogens is 228 g/mol. The Balaban J connectivity index is 2.07. The van der Waals surface area contributed by atoms with E-state index in [-0.39, 0.29) is 0 Å². The minimum Gasteiger partial charge on any atom is -0.378 e. The SMILES string of the molecule is Cc1ccc(NCc2nc(C)c(C)s2)c(C)c1. The zero-order chi connectivity index (χ0) is 12.4. The molecule has 0 spiro atoms. The van der Waals surface area contributed by atoms with Crippen LogP contribution in [0.1, 0.15) is 26.7 Å². The Morgan fingerprint density at radius 1 is 1.18 bits per heavy atom. The van der Waals surface area contributed by atoms with E-state index in [0.29, 0.717) is 0 Å². The highest BCUT2D eigenvalue weighted by Gasteiger charge is 2.04. The van der Waals surface area contributed by atoms with Crippen LogP contribution in [0.5, 0.6) is 0 Å². The second kappa shape index (κ2) is 4.88. The Morgan fingerprint density at radius 2 is 1.94 bits per heavy atom. The number of nitrogens with zero attached hydrogens (tertiary/aromatic N) is 1. The maximum absolute atomic E-state index is 4.53. The van der Waals surface area contributed by atoms with E-state index in [1.165, 1.54) is 21.7 Å². The van der Waals surface area contributed by atoms with Gasteiger partial charge >= 0.3 is 0 Å². The zero-order valence-electron chi connectivity index (χ0n) is 10.8. The molecule has 0 aliphatic heterocycles. The molecule has 0 saturated heterocycles. The van der Waals surface area contributed by atoms with E-state index < -0.39 is 0 Å². The number of aromatic nitrogens is 1. The van der Waals surface area contributed by atoms with E-state index in [4.69, 9.17) is 0 Å². The third-order valence-corrected chi connectivity index (χ3v) is 3.96. The first-order valence-electron chi connectivity index (χ1n) is 5.80. The molecule has 0 amide bonds. The largest absolute Gasteiger partial charge is 0.378 e. The van der Waals surface area contributed by atoms with Crippen molar-refractivity contribution in [1.29, 1.82) is 0 Å². The van der Waals surface area contributed by atoms with Gasteiger partial charge in [0.15, 0.2) is 0 Å². The first-order valence-corrected chi connectivity index (χ1v) is 6.62. The highest BCUT2D eigenvalue weighted by atomic mass is 32.1. The van der Waals surface area contributed by atoms with Crippen LogP contribution < -0.4 is 5.32 Å². The number of rotatable bonds is 3. The molecule has 17 heavy (non-hydrogen) atoms. The lowest BCUT2D eigenvalue weighted by atomic mass is 10.1. The third-order valence-electron chi connectivity index (χ3n) is 2.88. The molecule has 2 rings (SSSR count). The fourth-order valence-electron chi connectivity index (χ4n) is 1.80. The summed E-state index contributed by atoms with van der Waals surface area (Å²) in [4.78, 5) is 5.84. The molecule has 0 atom stereocenters. The number of hydrogen-bond donors (Lipinski definition) is 1. The molecule has 1 N–H and O–H groups in total. The highest BCUT2D eigenvalue weighted by Crippen LogP contribution is 2.20. The summed E-state index contributed by atoms with van der Waals surface area (Å²) in [7, 11) is 0. The Hall–Kier alpha value is -1.35. The van der Waals surface area contributed by atoms with Gasteiger partial charge in [-0.2, -0.15) is 0 Å². The van der Waals surface area contributed by atoms with Crippen molar-refractivity contribution >= 4 is 17.0 Å². The summed E-state index contributed by atoms with van der Waals surface area (Å²) in [6, 6.07) is 6.46. The molecule has 0 radical (unpaired) electrons. The Labute approximate surface area is 107 Å². The predicted octanol–water partition coefficient (Wildman–Crippen LogP) is 3.99. The molecule has 0 saturated carbocycles. The van der Waals surface area contributed by atoms with Crippen molar-refractivity contribution in [2.75, 3.05) is 5.32 Å². The Bertz CT molecular complexity index is 510. The molecule has 90 valence electrons. The molecule has 1 aromatic heterocycles. The topological polar surface area (TPSA) is 24.9 Å². The Kier molecular flexibility index (Phi) is 3.48. The van der Waals surface area contributed by atoms with Gasteiger partial charge in [0.2, 0.25) is 0 Å². The van der Waals surface area contributed by atoms with E-state index in [2.05, 4.69) is 56.2 Å². The molecule has 2 nitrogen and oxygen atoms in total. The van der Waals surface area contributed by atoms with Gasteiger partial charge in [0.05, 0.1) is 12.2 Å². The van der Waals surface area contributed by atoms with E-state index in [1.54, 1.807) is 11.3 Å². The molecule has 1 heterocycles. The van der Waals surface area contributed by atoms with Crippen LogP contribution in [-0.4, -0.2) is 4.98 Å². The second-order valence-electron chi connectivity index (χ2n) is 4.42. The molecule has 0 aliphatic rings. The van der Waals surface area contributed by atoms with Crippen LogP contribution in [0, 0.1) is 27.7 Å². The van der Waals surface area contributed by atoms with Crippen molar-refractivity contribution in [3.05, 3.63) is 44.9 Å². The van der Waals surface area contributed by atoms with E-state index >= 15 is 0 Å². The minimum atomic E-state index is 0.809. The maximum Gasteiger partial charge on any atom is 0.112 e. The van der Waals surface area contributed by atoms with Gasteiger partial charge in [-0.1, -0.05) is 17.7 Å². The first kappa shape index (κ1) is 12.1. The summed E-state index contributed by atoms with van der Waals surface area (Å²) in [5, 5.41) is 4.60. The molecule has 0 unspecified atom stereocenters. The average molecular weight is 246 g/mol. The van der Waals surface area contributed by atoms with E-state index in [0.717, 1.165) is 17.2 Å². The molecule has 0 bridgehead atoms. The summed E-state index contributed by atoms with van der Waals surface area (Å²) in [5.74, 6) is 0. The quantitative estimate of drug-likeness (QED) is 0.885. The molecule has 2 aromatic rings. The van der Waals surface area contributed by atoms with Crippen LogP contribution in [0.25, 0.3) is 0 Å². The fraction of sp³-hybridized carbons (Fsp3) is 0.357. The fourth-order valence-corrected chi connectivity index (χ4v) is 2.67. The summed E-state index contributed by atoms with van der Waals surface area (Å²) >= 11 is 1.77.